The van der Waals surface area contributed by atoms with Crippen LogP contribution in [0.4, 0.5) is 0 Å². The second kappa shape index (κ2) is 11.1. The van der Waals surface area contributed by atoms with E-state index >= 15 is 0 Å². The fourth-order valence-electron chi connectivity index (χ4n) is 3.21. The summed E-state index contributed by atoms with van der Waals surface area (Å²) in [6.07, 6.45) is 0.470. The molecular formula is C24H24N6OS. The van der Waals surface area contributed by atoms with Crippen molar-refractivity contribution in [3.8, 4) is 29.2 Å². The van der Waals surface area contributed by atoms with Crippen LogP contribution in [0, 0.1) is 36.5 Å². The van der Waals surface area contributed by atoms with E-state index in [4.69, 9.17) is 10.5 Å². The van der Waals surface area contributed by atoms with Crippen molar-refractivity contribution < 1.29 is 4.79 Å². The Morgan fingerprint density at radius 1 is 1.00 bits per heavy atom. The van der Waals surface area contributed by atoms with Gasteiger partial charge in [-0.1, -0.05) is 53.2 Å². The third-order valence-corrected chi connectivity index (χ3v) is 5.78. The highest BCUT2D eigenvalue weighted by Gasteiger charge is 2.19. The molecular weight excluding hydrogens is 420 g/mol. The summed E-state index contributed by atoms with van der Waals surface area (Å²) in [7, 11) is 0. The summed E-state index contributed by atoms with van der Waals surface area (Å²) in [4.78, 5) is 14.3. The zero-order valence-corrected chi connectivity index (χ0v) is 19.0. The number of carbonyl (C=O) groups excluding carboxylic acids is 1. The average Bonchev–Trinajstić information content (AvgIpc) is 3.22. The summed E-state index contributed by atoms with van der Waals surface area (Å²) in [5.74, 6) is 0.726. The molecule has 1 heterocycles. The van der Waals surface area contributed by atoms with Gasteiger partial charge in [0.2, 0.25) is 5.91 Å². The van der Waals surface area contributed by atoms with Gasteiger partial charge in [0.25, 0.3) is 0 Å². The molecule has 0 aliphatic rings. The third kappa shape index (κ3) is 5.75. The molecule has 0 bridgehead atoms. The van der Waals surface area contributed by atoms with E-state index in [1.54, 1.807) is 4.90 Å². The number of nitriles is 2. The van der Waals surface area contributed by atoms with Crippen LogP contribution in [0.2, 0.25) is 0 Å². The number of rotatable bonds is 9. The zero-order chi connectivity index (χ0) is 22.9. The predicted octanol–water partition coefficient (Wildman–Crippen LogP) is 4.30. The van der Waals surface area contributed by atoms with Crippen LogP contribution in [0.1, 0.15) is 24.0 Å². The molecule has 0 unspecified atom stereocenters. The average molecular weight is 445 g/mol. The zero-order valence-electron chi connectivity index (χ0n) is 18.2. The Hall–Kier alpha value is -3.62. The summed E-state index contributed by atoms with van der Waals surface area (Å²) in [5.41, 5.74) is 4.13. The minimum Gasteiger partial charge on any atom is -0.340 e. The van der Waals surface area contributed by atoms with E-state index in [0.29, 0.717) is 24.1 Å². The second-order valence-electron chi connectivity index (χ2n) is 7.33. The Bertz CT molecular complexity index is 1140. The first-order valence-corrected chi connectivity index (χ1v) is 11.3. The fourth-order valence-corrected chi connectivity index (χ4v) is 4.06. The fraction of sp³-hybridized carbons (Fsp3) is 0.292. The van der Waals surface area contributed by atoms with E-state index in [9.17, 15) is 4.79 Å². The molecule has 162 valence electrons. The monoisotopic (exact) mass is 444 g/mol. The van der Waals surface area contributed by atoms with Crippen molar-refractivity contribution in [3.05, 3.63) is 59.7 Å². The van der Waals surface area contributed by atoms with Crippen molar-refractivity contribution in [1.82, 2.24) is 19.7 Å². The molecule has 7 nitrogen and oxygen atoms in total. The van der Waals surface area contributed by atoms with Crippen LogP contribution in [-0.4, -0.2) is 44.4 Å². The molecule has 1 amide bonds. The van der Waals surface area contributed by atoms with Crippen LogP contribution in [0.3, 0.4) is 0 Å². The summed E-state index contributed by atoms with van der Waals surface area (Å²) < 4.78 is 1.96. The van der Waals surface area contributed by atoms with Gasteiger partial charge in [0.05, 0.1) is 30.7 Å². The minimum atomic E-state index is -0.129. The maximum Gasteiger partial charge on any atom is 0.233 e. The normalized spacial score (nSPS) is 10.4. The van der Waals surface area contributed by atoms with Crippen LogP contribution in [0.5, 0.6) is 0 Å². The third-order valence-electron chi connectivity index (χ3n) is 4.87. The molecule has 0 spiro atoms. The molecule has 8 heteroatoms. The molecule has 0 saturated carbocycles. The topological polar surface area (TPSA) is 98.6 Å². The van der Waals surface area contributed by atoms with Crippen molar-refractivity contribution >= 4 is 17.7 Å². The molecule has 0 aliphatic carbocycles. The van der Waals surface area contributed by atoms with E-state index in [1.165, 1.54) is 11.8 Å². The molecule has 32 heavy (non-hydrogen) atoms. The highest BCUT2D eigenvalue weighted by molar-refractivity contribution is 7.99. The van der Waals surface area contributed by atoms with E-state index in [-0.39, 0.29) is 24.5 Å². The number of hydrogen-bond acceptors (Lipinski definition) is 6. The largest absolute Gasteiger partial charge is 0.340 e. The summed E-state index contributed by atoms with van der Waals surface area (Å²) in [5, 5.41) is 27.1. The van der Waals surface area contributed by atoms with Gasteiger partial charge in [-0.3, -0.25) is 9.36 Å². The molecule has 3 rings (SSSR count). The Morgan fingerprint density at radius 2 is 1.69 bits per heavy atom. The van der Waals surface area contributed by atoms with Crippen LogP contribution < -0.4 is 0 Å². The van der Waals surface area contributed by atoms with Gasteiger partial charge in [-0.25, -0.2) is 0 Å². The van der Waals surface area contributed by atoms with Gasteiger partial charge < -0.3 is 4.90 Å². The summed E-state index contributed by atoms with van der Waals surface area (Å²) in [6, 6.07) is 20.2. The SMILES string of the molecule is Cc1ccc(-n2c(SCC(=O)N(CCC#N)CCC#N)nnc2-c2cccc(C)c2)cc1. The highest BCUT2D eigenvalue weighted by atomic mass is 32.2. The maximum absolute atomic E-state index is 12.8. The molecule has 0 radical (unpaired) electrons. The Balaban J connectivity index is 1.89. The van der Waals surface area contributed by atoms with E-state index in [0.717, 1.165) is 22.4 Å². The summed E-state index contributed by atoms with van der Waals surface area (Å²) in [6.45, 7) is 4.69. The first kappa shape index (κ1) is 23.1. The molecule has 1 aromatic heterocycles. The maximum atomic E-state index is 12.8. The van der Waals surface area contributed by atoms with Gasteiger partial charge in [-0.2, -0.15) is 10.5 Å². The Labute approximate surface area is 192 Å². The standard InChI is InChI=1S/C24H24N6OS/c1-18-8-10-21(11-9-18)30-23(20-7-3-6-19(2)16-20)27-28-24(30)32-17-22(31)29(14-4-12-25)15-5-13-26/h3,6-11,16H,4-5,14-15,17H2,1-2H3. The number of benzene rings is 2. The number of hydrogen-bond donors (Lipinski definition) is 0. The van der Waals surface area contributed by atoms with Gasteiger partial charge in [-0.15, -0.1) is 10.2 Å². The van der Waals surface area contributed by atoms with Crippen molar-refractivity contribution in [2.45, 2.75) is 31.8 Å². The van der Waals surface area contributed by atoms with E-state index in [1.807, 2.05) is 60.9 Å². The number of amides is 1. The number of thioether (sulfide) groups is 1. The lowest BCUT2D eigenvalue weighted by molar-refractivity contribution is -0.128. The van der Waals surface area contributed by atoms with Crippen LogP contribution in [0.15, 0.2) is 53.7 Å². The Kier molecular flexibility index (Phi) is 8.02. The molecule has 3 aromatic rings. The highest BCUT2D eigenvalue weighted by Crippen LogP contribution is 2.28. The molecule has 0 N–H and O–H groups in total. The van der Waals surface area contributed by atoms with E-state index < -0.39 is 0 Å². The second-order valence-corrected chi connectivity index (χ2v) is 8.27. The minimum absolute atomic E-state index is 0.129. The van der Waals surface area contributed by atoms with Gasteiger partial charge in [-0.05, 0) is 32.0 Å². The number of aromatic nitrogens is 3. The lowest BCUT2D eigenvalue weighted by Gasteiger charge is -2.20. The first-order chi connectivity index (χ1) is 15.5. The molecule has 0 aliphatic heterocycles. The van der Waals surface area contributed by atoms with Gasteiger partial charge >= 0.3 is 0 Å². The van der Waals surface area contributed by atoms with Crippen molar-refractivity contribution in [1.29, 1.82) is 10.5 Å². The molecule has 0 atom stereocenters. The van der Waals surface area contributed by atoms with Crippen molar-refractivity contribution in [2.75, 3.05) is 18.8 Å². The predicted molar refractivity (Wildman–Crippen MR) is 124 cm³/mol. The van der Waals surface area contributed by atoms with Crippen molar-refractivity contribution in [3.63, 3.8) is 0 Å². The van der Waals surface area contributed by atoms with E-state index in [2.05, 4.69) is 28.4 Å². The molecule has 0 fully saturated rings. The number of aryl methyl sites for hydroxylation is 2. The summed E-state index contributed by atoms with van der Waals surface area (Å²) >= 11 is 1.30. The van der Waals surface area contributed by atoms with Crippen LogP contribution >= 0.6 is 11.8 Å². The molecule has 2 aromatic carbocycles. The molecule has 0 saturated heterocycles. The lowest BCUT2D eigenvalue weighted by atomic mass is 10.1. The quantitative estimate of drug-likeness (QED) is 0.456. The Morgan fingerprint density at radius 3 is 2.31 bits per heavy atom. The lowest BCUT2D eigenvalue weighted by Crippen LogP contribution is -2.34. The van der Waals surface area contributed by atoms with Crippen LogP contribution in [0.25, 0.3) is 17.1 Å². The first-order valence-electron chi connectivity index (χ1n) is 10.3. The number of carbonyl (C=O) groups is 1. The van der Waals surface area contributed by atoms with Gasteiger partial charge in [0, 0.05) is 24.3 Å². The van der Waals surface area contributed by atoms with Gasteiger partial charge in [0.1, 0.15) is 0 Å². The van der Waals surface area contributed by atoms with Gasteiger partial charge in [0.15, 0.2) is 11.0 Å². The smallest absolute Gasteiger partial charge is 0.233 e. The number of nitrogens with zero attached hydrogens (tertiary/aromatic N) is 6. The van der Waals surface area contributed by atoms with Crippen LogP contribution in [-0.2, 0) is 4.79 Å². The van der Waals surface area contributed by atoms with Crippen molar-refractivity contribution in [2.24, 2.45) is 0 Å².